The molecular formula is C61H43BN4S. The zero-order valence-electron chi connectivity index (χ0n) is 36.9. The summed E-state index contributed by atoms with van der Waals surface area (Å²) in [6, 6.07) is 84.1. The standard InChI is InChI=1S/C61H43BN4S/c1-40-30-32-41(33-31-40)63-53-35-34-46(64(42-18-6-2-7-19-42)43-20-8-3-9-21-43)36-49(53)51-38-56(65(44-22-10-4-11-23-44)45-24-12-5-13-25-45)59-48-27-14-16-28-54(48)66-55-37-50-47-26-15-17-29-57(47)67-58(50)39-52(55)62-60(51)61(59)66/h2-39,62-63H,1H3. The highest BCUT2D eigenvalue weighted by molar-refractivity contribution is 7.26. The van der Waals surface area contributed by atoms with Gasteiger partial charge >= 0.3 is 0 Å². The minimum atomic E-state index is 0.772. The lowest BCUT2D eigenvalue weighted by atomic mass is 9.59. The maximum atomic E-state index is 3.94. The third-order valence-electron chi connectivity index (χ3n) is 13.4. The van der Waals surface area contributed by atoms with Crippen molar-refractivity contribution in [3.63, 3.8) is 0 Å². The Balaban J connectivity index is 1.17. The van der Waals surface area contributed by atoms with Gasteiger partial charge in [-0.1, -0.05) is 132 Å². The van der Waals surface area contributed by atoms with E-state index in [-0.39, 0.29) is 0 Å². The molecule has 3 heterocycles. The maximum Gasteiger partial charge on any atom is 0.198 e. The monoisotopic (exact) mass is 874 g/mol. The van der Waals surface area contributed by atoms with Gasteiger partial charge in [-0.05, 0) is 127 Å². The molecule has 1 N–H and O–H groups in total. The molecule has 10 aromatic carbocycles. The van der Waals surface area contributed by atoms with E-state index in [0.29, 0.717) is 0 Å². The largest absolute Gasteiger partial charge is 0.355 e. The Kier molecular flexibility index (Phi) is 9.32. The van der Waals surface area contributed by atoms with Crippen molar-refractivity contribution in [3.05, 3.63) is 236 Å². The van der Waals surface area contributed by atoms with Gasteiger partial charge in [-0.3, -0.25) is 0 Å². The number of nitrogens with one attached hydrogen (secondary N) is 1. The number of fused-ring (bicyclic) bond motifs is 8. The van der Waals surface area contributed by atoms with E-state index >= 15 is 0 Å². The van der Waals surface area contributed by atoms with Crippen molar-refractivity contribution in [1.82, 2.24) is 4.57 Å². The fraction of sp³-hybridized carbons (Fsp3) is 0.0164. The fourth-order valence-corrected chi connectivity index (χ4v) is 11.5. The van der Waals surface area contributed by atoms with Gasteiger partial charge in [-0.25, -0.2) is 0 Å². The van der Waals surface area contributed by atoms with Gasteiger partial charge < -0.3 is 19.7 Å². The summed E-state index contributed by atoms with van der Waals surface area (Å²) < 4.78 is 5.22. The molecule has 0 fully saturated rings. The third kappa shape index (κ3) is 6.60. The molecule has 0 aliphatic carbocycles. The number of hydrogen-bond acceptors (Lipinski definition) is 4. The third-order valence-corrected chi connectivity index (χ3v) is 14.5. The number of aromatic nitrogens is 1. The topological polar surface area (TPSA) is 23.4 Å². The van der Waals surface area contributed by atoms with Crippen LogP contribution in [0.5, 0.6) is 0 Å². The van der Waals surface area contributed by atoms with Gasteiger partial charge in [0.05, 0.1) is 16.7 Å². The highest BCUT2D eigenvalue weighted by Gasteiger charge is 2.32. The average molecular weight is 875 g/mol. The van der Waals surface area contributed by atoms with Crippen molar-refractivity contribution >= 4 is 117 Å². The van der Waals surface area contributed by atoms with Crippen LogP contribution >= 0.6 is 11.3 Å². The van der Waals surface area contributed by atoms with Crippen LogP contribution in [0.15, 0.2) is 231 Å². The van der Waals surface area contributed by atoms with Crippen LogP contribution in [0.4, 0.5) is 45.5 Å². The van der Waals surface area contributed by atoms with Crippen molar-refractivity contribution < 1.29 is 0 Å². The Morgan fingerprint density at radius 1 is 0.463 bits per heavy atom. The van der Waals surface area contributed by atoms with Crippen molar-refractivity contribution in [1.29, 1.82) is 0 Å². The molecule has 0 unspecified atom stereocenters. The van der Waals surface area contributed by atoms with Crippen molar-refractivity contribution in [2.24, 2.45) is 0 Å². The van der Waals surface area contributed by atoms with E-state index in [2.05, 4.69) is 257 Å². The molecule has 2 aromatic heterocycles. The summed E-state index contributed by atoms with van der Waals surface area (Å²) in [4.78, 5) is 4.83. The van der Waals surface area contributed by atoms with E-state index in [0.717, 1.165) is 58.3 Å². The zero-order chi connectivity index (χ0) is 44.4. The number of thiophene rings is 1. The minimum Gasteiger partial charge on any atom is -0.355 e. The normalized spacial score (nSPS) is 11.8. The Labute approximate surface area is 394 Å². The molecule has 4 nitrogen and oxygen atoms in total. The summed E-state index contributed by atoms with van der Waals surface area (Å²) in [5, 5.41) is 9.02. The Hall–Kier alpha value is -8.32. The molecular weight excluding hydrogens is 832 g/mol. The molecule has 0 bridgehead atoms. The van der Waals surface area contributed by atoms with Gasteiger partial charge in [0.15, 0.2) is 7.28 Å². The highest BCUT2D eigenvalue weighted by atomic mass is 32.1. The summed E-state index contributed by atoms with van der Waals surface area (Å²) in [6.45, 7) is 2.14. The first-order valence-corrected chi connectivity index (χ1v) is 23.8. The second-order valence-electron chi connectivity index (χ2n) is 17.5. The van der Waals surface area contributed by atoms with E-state index in [1.165, 1.54) is 69.7 Å². The van der Waals surface area contributed by atoms with Crippen LogP contribution in [-0.2, 0) is 0 Å². The zero-order valence-corrected chi connectivity index (χ0v) is 37.7. The molecule has 316 valence electrons. The first-order valence-electron chi connectivity index (χ1n) is 23.0. The first-order chi connectivity index (χ1) is 33.1. The molecule has 6 heteroatoms. The number of nitrogens with zero attached hydrogens (tertiary/aromatic N) is 3. The highest BCUT2D eigenvalue weighted by Crippen LogP contribution is 2.48. The quantitative estimate of drug-likeness (QED) is 0.146. The van der Waals surface area contributed by atoms with Crippen LogP contribution in [-0.4, -0.2) is 11.8 Å². The second kappa shape index (κ2) is 16.0. The van der Waals surface area contributed by atoms with Crippen molar-refractivity contribution in [2.45, 2.75) is 6.92 Å². The molecule has 1 aliphatic heterocycles. The summed E-state index contributed by atoms with van der Waals surface area (Å²) in [7, 11) is 0.772. The van der Waals surface area contributed by atoms with Gasteiger partial charge in [0.2, 0.25) is 0 Å². The molecule has 67 heavy (non-hydrogen) atoms. The number of benzene rings is 10. The van der Waals surface area contributed by atoms with Gasteiger partial charge in [0.1, 0.15) is 0 Å². The van der Waals surface area contributed by atoms with E-state index in [1.54, 1.807) is 0 Å². The lowest BCUT2D eigenvalue weighted by Gasteiger charge is -2.31. The lowest BCUT2D eigenvalue weighted by molar-refractivity contribution is 1.20. The number of aryl methyl sites for hydroxylation is 1. The second-order valence-corrected chi connectivity index (χ2v) is 18.6. The summed E-state index contributed by atoms with van der Waals surface area (Å²) in [5.74, 6) is 0. The number of rotatable bonds is 9. The van der Waals surface area contributed by atoms with Gasteiger partial charge in [0, 0.05) is 82.0 Å². The number of para-hydroxylation sites is 5. The Bertz CT molecular complexity index is 3730. The molecule has 0 atom stereocenters. The molecule has 0 saturated heterocycles. The molecule has 0 spiro atoms. The van der Waals surface area contributed by atoms with Gasteiger partial charge in [-0.15, -0.1) is 11.3 Å². The predicted octanol–water partition coefficient (Wildman–Crippen LogP) is 15.5. The maximum absolute atomic E-state index is 3.94. The van der Waals surface area contributed by atoms with E-state index in [9.17, 15) is 0 Å². The van der Waals surface area contributed by atoms with E-state index < -0.39 is 0 Å². The van der Waals surface area contributed by atoms with Crippen LogP contribution in [0.3, 0.4) is 0 Å². The smallest absolute Gasteiger partial charge is 0.198 e. The SMILES string of the molecule is Cc1ccc(Nc2ccc(N(c3ccccc3)c3ccccc3)cc2-c2cc(N(c3ccccc3)c3ccccc3)c3c4ccccc4n4c3c2Bc2cc3sc5ccccc5c3cc2-4)cc1. The predicted molar refractivity (Wildman–Crippen MR) is 289 cm³/mol. The number of hydrogen-bond donors (Lipinski definition) is 1. The van der Waals surface area contributed by atoms with Crippen molar-refractivity contribution in [3.8, 4) is 16.8 Å². The van der Waals surface area contributed by atoms with E-state index in [1.807, 2.05) is 11.3 Å². The number of anilines is 8. The lowest BCUT2D eigenvalue weighted by Crippen LogP contribution is -2.37. The molecule has 13 rings (SSSR count). The molecule has 12 aromatic rings. The summed E-state index contributed by atoms with van der Waals surface area (Å²) in [6.07, 6.45) is 0. The molecule has 0 saturated carbocycles. The Morgan fingerprint density at radius 3 is 1.70 bits per heavy atom. The van der Waals surface area contributed by atoms with Gasteiger partial charge in [-0.2, -0.15) is 0 Å². The Morgan fingerprint density at radius 2 is 1.04 bits per heavy atom. The van der Waals surface area contributed by atoms with Crippen LogP contribution < -0.4 is 26.0 Å². The summed E-state index contributed by atoms with van der Waals surface area (Å²) in [5.41, 5.74) is 18.5. The molecule has 1 aliphatic rings. The molecule has 0 radical (unpaired) electrons. The van der Waals surface area contributed by atoms with Crippen LogP contribution in [0, 0.1) is 6.92 Å². The van der Waals surface area contributed by atoms with Crippen LogP contribution in [0.2, 0.25) is 0 Å². The minimum absolute atomic E-state index is 0.772. The first kappa shape index (κ1) is 39.1. The molecule has 0 amide bonds. The fourth-order valence-electron chi connectivity index (χ4n) is 10.4. The van der Waals surface area contributed by atoms with E-state index in [4.69, 9.17) is 0 Å². The van der Waals surface area contributed by atoms with Crippen LogP contribution in [0.25, 0.3) is 58.8 Å². The van der Waals surface area contributed by atoms with Crippen molar-refractivity contribution in [2.75, 3.05) is 15.1 Å². The van der Waals surface area contributed by atoms with Crippen LogP contribution in [0.1, 0.15) is 5.56 Å². The van der Waals surface area contributed by atoms with Gasteiger partial charge in [0.25, 0.3) is 0 Å². The average Bonchev–Trinajstić information content (AvgIpc) is 3.93. The summed E-state index contributed by atoms with van der Waals surface area (Å²) >= 11 is 1.89.